The fourth-order valence-corrected chi connectivity index (χ4v) is 0.976. The van der Waals surface area contributed by atoms with Crippen LogP contribution in [0.1, 0.15) is 13.3 Å². The molecule has 64 valence electrons. The lowest BCUT2D eigenvalue weighted by Crippen LogP contribution is -2.00. The smallest absolute Gasteiger partial charge is 0.0340 e. The Bertz CT molecular complexity index is 238. The molecule has 0 aliphatic heterocycles. The zero-order chi connectivity index (χ0) is 8.81. The largest absolute Gasteiger partial charge is 0.385 e. The first-order valence-electron chi connectivity index (χ1n) is 4.22. The van der Waals surface area contributed by atoms with Crippen molar-refractivity contribution in [2.24, 2.45) is 0 Å². The van der Waals surface area contributed by atoms with Gasteiger partial charge in [-0.2, -0.15) is 0 Å². The second-order valence-electron chi connectivity index (χ2n) is 3.00. The molecule has 0 heterocycles. The van der Waals surface area contributed by atoms with E-state index in [9.17, 15) is 0 Å². The fourth-order valence-electron chi connectivity index (χ4n) is 0.976. The Labute approximate surface area is 74.1 Å². The molecule has 1 rings (SSSR count). The molecule has 0 aliphatic carbocycles. The summed E-state index contributed by atoms with van der Waals surface area (Å²) < 4.78 is 0. The lowest BCUT2D eigenvalue weighted by atomic mass is 10.2. The summed E-state index contributed by atoms with van der Waals surface area (Å²) in [5.74, 6) is 0. The summed E-state index contributed by atoms with van der Waals surface area (Å²) in [4.78, 5) is 0. The Kier molecular flexibility index (Phi) is 3.39. The van der Waals surface area contributed by atoms with Crippen LogP contribution < -0.4 is 5.32 Å². The summed E-state index contributed by atoms with van der Waals surface area (Å²) in [7, 11) is 0. The van der Waals surface area contributed by atoms with Crippen molar-refractivity contribution in [2.75, 3.05) is 11.9 Å². The Balaban J connectivity index is 2.29. The van der Waals surface area contributed by atoms with Gasteiger partial charge in [0.15, 0.2) is 0 Å². The highest BCUT2D eigenvalue weighted by Crippen LogP contribution is 2.05. The van der Waals surface area contributed by atoms with E-state index in [1.807, 2.05) is 25.1 Å². The molecule has 0 bridgehead atoms. The maximum absolute atomic E-state index is 3.85. The Hall–Kier alpha value is -1.24. The number of hydrogen-bond donors (Lipinski definition) is 1. The van der Waals surface area contributed by atoms with Crippen LogP contribution in [-0.4, -0.2) is 6.54 Å². The minimum Gasteiger partial charge on any atom is -0.385 e. The van der Waals surface area contributed by atoms with E-state index in [1.54, 1.807) is 0 Å². The number of hydrogen-bond acceptors (Lipinski definition) is 1. The van der Waals surface area contributed by atoms with Gasteiger partial charge in [0, 0.05) is 12.2 Å². The minimum absolute atomic E-state index is 0.972. The zero-order valence-corrected chi connectivity index (χ0v) is 7.51. The molecule has 1 nitrogen and oxygen atoms in total. The first-order chi connectivity index (χ1) is 5.79. The average Bonchev–Trinajstić information content (AvgIpc) is 2.05. The van der Waals surface area contributed by atoms with Crippen molar-refractivity contribution < 1.29 is 0 Å². The van der Waals surface area contributed by atoms with Crippen molar-refractivity contribution >= 4 is 5.69 Å². The molecule has 1 aromatic carbocycles. The van der Waals surface area contributed by atoms with Crippen LogP contribution in [0.15, 0.2) is 42.5 Å². The lowest BCUT2D eigenvalue weighted by molar-refractivity contribution is 1.00. The van der Waals surface area contributed by atoms with E-state index < -0.39 is 0 Å². The SMILES string of the molecule is C=C(C)CCNc1ccccc1. The number of benzene rings is 1. The standard InChI is InChI=1S/C11H15N/c1-10(2)8-9-12-11-6-4-3-5-7-11/h3-7,12H,1,8-9H2,2H3. The van der Waals surface area contributed by atoms with Gasteiger partial charge >= 0.3 is 0 Å². The number of para-hydroxylation sites is 1. The highest BCUT2D eigenvalue weighted by Gasteiger charge is 1.88. The Morgan fingerprint density at radius 2 is 2.00 bits per heavy atom. The molecule has 1 heteroatoms. The molecular formula is C11H15N. The van der Waals surface area contributed by atoms with E-state index in [-0.39, 0.29) is 0 Å². The zero-order valence-electron chi connectivity index (χ0n) is 7.51. The highest BCUT2D eigenvalue weighted by atomic mass is 14.9. The van der Waals surface area contributed by atoms with Crippen LogP contribution in [0.2, 0.25) is 0 Å². The molecule has 0 amide bonds. The van der Waals surface area contributed by atoms with Crippen LogP contribution in [0.4, 0.5) is 5.69 Å². The molecule has 0 saturated carbocycles. The first kappa shape index (κ1) is 8.85. The number of rotatable bonds is 4. The van der Waals surface area contributed by atoms with E-state index >= 15 is 0 Å². The second kappa shape index (κ2) is 4.60. The van der Waals surface area contributed by atoms with Crippen LogP contribution in [0.3, 0.4) is 0 Å². The second-order valence-corrected chi connectivity index (χ2v) is 3.00. The normalized spacial score (nSPS) is 9.42. The van der Waals surface area contributed by atoms with Crippen LogP contribution in [0, 0.1) is 0 Å². The maximum Gasteiger partial charge on any atom is 0.0340 e. The maximum atomic E-state index is 3.85. The molecule has 1 N–H and O–H groups in total. The topological polar surface area (TPSA) is 12.0 Å². The summed E-state index contributed by atoms with van der Waals surface area (Å²) in [5.41, 5.74) is 2.40. The molecule has 1 aromatic rings. The summed E-state index contributed by atoms with van der Waals surface area (Å²) >= 11 is 0. The lowest BCUT2D eigenvalue weighted by Gasteiger charge is -2.04. The van der Waals surface area contributed by atoms with Gasteiger partial charge in [-0.25, -0.2) is 0 Å². The summed E-state index contributed by atoms with van der Waals surface area (Å²) in [6.07, 6.45) is 1.04. The first-order valence-corrected chi connectivity index (χ1v) is 4.22. The third-order valence-corrected chi connectivity index (χ3v) is 1.65. The third-order valence-electron chi connectivity index (χ3n) is 1.65. The molecule has 0 atom stereocenters. The van der Waals surface area contributed by atoms with Gasteiger partial charge in [0.05, 0.1) is 0 Å². The molecule has 12 heavy (non-hydrogen) atoms. The van der Waals surface area contributed by atoms with Gasteiger partial charge in [0.25, 0.3) is 0 Å². The quantitative estimate of drug-likeness (QED) is 0.669. The van der Waals surface area contributed by atoms with Gasteiger partial charge in [0.2, 0.25) is 0 Å². The van der Waals surface area contributed by atoms with E-state index in [0.29, 0.717) is 0 Å². The van der Waals surface area contributed by atoms with Gasteiger partial charge in [-0.3, -0.25) is 0 Å². The minimum atomic E-state index is 0.972. The summed E-state index contributed by atoms with van der Waals surface area (Å²) in [6.45, 7) is 6.87. The van der Waals surface area contributed by atoms with Crippen LogP contribution in [0.25, 0.3) is 0 Å². The van der Waals surface area contributed by atoms with Crippen molar-refractivity contribution in [2.45, 2.75) is 13.3 Å². The van der Waals surface area contributed by atoms with Gasteiger partial charge in [-0.05, 0) is 25.5 Å². The van der Waals surface area contributed by atoms with Gasteiger partial charge in [-0.15, -0.1) is 6.58 Å². The van der Waals surface area contributed by atoms with E-state index in [4.69, 9.17) is 0 Å². The van der Waals surface area contributed by atoms with Gasteiger partial charge in [0.1, 0.15) is 0 Å². The van der Waals surface area contributed by atoms with Gasteiger partial charge in [-0.1, -0.05) is 23.8 Å². The van der Waals surface area contributed by atoms with E-state index in [1.165, 1.54) is 11.3 Å². The summed E-state index contributed by atoms with van der Waals surface area (Å²) in [6, 6.07) is 10.2. The molecule has 0 radical (unpaired) electrons. The highest BCUT2D eigenvalue weighted by molar-refractivity contribution is 5.42. The summed E-state index contributed by atoms with van der Waals surface area (Å²) in [5, 5.41) is 3.32. The average molecular weight is 161 g/mol. The van der Waals surface area contributed by atoms with Crippen molar-refractivity contribution in [3.63, 3.8) is 0 Å². The van der Waals surface area contributed by atoms with Crippen molar-refractivity contribution in [1.29, 1.82) is 0 Å². The van der Waals surface area contributed by atoms with Crippen molar-refractivity contribution in [3.05, 3.63) is 42.5 Å². The Morgan fingerprint density at radius 3 is 2.58 bits per heavy atom. The van der Waals surface area contributed by atoms with Crippen molar-refractivity contribution in [3.8, 4) is 0 Å². The molecule has 0 aliphatic rings. The predicted molar refractivity (Wildman–Crippen MR) is 54.4 cm³/mol. The predicted octanol–water partition coefficient (Wildman–Crippen LogP) is 3.06. The van der Waals surface area contributed by atoms with Crippen molar-refractivity contribution in [1.82, 2.24) is 0 Å². The third kappa shape index (κ3) is 3.24. The van der Waals surface area contributed by atoms with E-state index in [0.717, 1.165) is 13.0 Å². The van der Waals surface area contributed by atoms with Crippen LogP contribution in [-0.2, 0) is 0 Å². The van der Waals surface area contributed by atoms with E-state index in [2.05, 4.69) is 24.0 Å². The monoisotopic (exact) mass is 161 g/mol. The molecule has 0 aromatic heterocycles. The molecule has 0 saturated heterocycles. The van der Waals surface area contributed by atoms with Gasteiger partial charge < -0.3 is 5.32 Å². The Morgan fingerprint density at radius 1 is 1.33 bits per heavy atom. The molecule has 0 unspecified atom stereocenters. The molecule has 0 spiro atoms. The number of anilines is 1. The molecular weight excluding hydrogens is 146 g/mol. The van der Waals surface area contributed by atoms with Crippen LogP contribution in [0.5, 0.6) is 0 Å². The number of nitrogens with one attached hydrogen (secondary N) is 1. The fraction of sp³-hybridized carbons (Fsp3) is 0.273. The van der Waals surface area contributed by atoms with Crippen LogP contribution >= 0.6 is 0 Å². The molecule has 0 fully saturated rings.